The first kappa shape index (κ1) is 16.0. The lowest BCUT2D eigenvalue weighted by atomic mass is 9.97. The van der Waals surface area contributed by atoms with Crippen molar-refractivity contribution in [2.45, 2.75) is 32.7 Å². The summed E-state index contributed by atoms with van der Waals surface area (Å²) < 4.78 is 14.1. The second-order valence-electron chi connectivity index (χ2n) is 5.37. The summed E-state index contributed by atoms with van der Waals surface area (Å²) in [6, 6.07) is 13.0. The molecule has 0 spiro atoms. The first-order chi connectivity index (χ1) is 10.1. The Morgan fingerprint density at radius 2 is 2.00 bits per heavy atom. The highest BCUT2D eigenvalue weighted by Gasteiger charge is 2.16. The molecule has 0 aliphatic rings. The van der Waals surface area contributed by atoms with Crippen LogP contribution in [0.5, 0.6) is 0 Å². The summed E-state index contributed by atoms with van der Waals surface area (Å²) >= 11 is 6.03. The Labute approximate surface area is 131 Å². The van der Waals surface area contributed by atoms with E-state index in [1.165, 1.54) is 17.2 Å². The molecule has 0 fully saturated rings. The third kappa shape index (κ3) is 4.55. The Morgan fingerprint density at radius 1 is 1.19 bits per heavy atom. The molecule has 1 atom stereocenters. The molecule has 0 aliphatic heterocycles. The van der Waals surface area contributed by atoms with Gasteiger partial charge in [0.05, 0.1) is 0 Å². The van der Waals surface area contributed by atoms with Gasteiger partial charge in [-0.1, -0.05) is 48.4 Å². The fourth-order valence-electron chi connectivity index (χ4n) is 2.47. The van der Waals surface area contributed by atoms with Crippen molar-refractivity contribution in [1.29, 1.82) is 0 Å². The molecule has 112 valence electrons. The van der Waals surface area contributed by atoms with Crippen LogP contribution in [0.25, 0.3) is 0 Å². The highest BCUT2D eigenvalue weighted by atomic mass is 35.5. The zero-order valence-electron chi connectivity index (χ0n) is 12.5. The minimum absolute atomic E-state index is 0.0644. The first-order valence-corrected chi connectivity index (χ1v) is 7.72. The molecule has 0 aromatic heterocycles. The van der Waals surface area contributed by atoms with E-state index < -0.39 is 0 Å². The predicted octanol–water partition coefficient (Wildman–Crippen LogP) is 5.07. The molecular formula is C18H21ClFN. The van der Waals surface area contributed by atoms with Gasteiger partial charge in [0, 0.05) is 16.6 Å². The summed E-state index contributed by atoms with van der Waals surface area (Å²) in [5, 5.41) is 3.99. The Bertz CT molecular complexity index is 598. The standard InChI is InChI=1S/C18H21ClFN/c1-3-9-21-18(11-14-6-4-5-13(2)10-14)16-12-15(19)7-8-17(16)20/h4-8,10,12,18,21H,3,9,11H2,1-2H3. The van der Waals surface area contributed by atoms with E-state index in [-0.39, 0.29) is 11.9 Å². The minimum atomic E-state index is -0.208. The van der Waals surface area contributed by atoms with E-state index in [4.69, 9.17) is 11.6 Å². The summed E-state index contributed by atoms with van der Waals surface area (Å²) in [5.74, 6) is -0.208. The third-order valence-corrected chi connectivity index (χ3v) is 3.73. The molecular weight excluding hydrogens is 285 g/mol. The lowest BCUT2D eigenvalue weighted by Gasteiger charge is -2.20. The third-order valence-electron chi connectivity index (χ3n) is 3.50. The average molecular weight is 306 g/mol. The lowest BCUT2D eigenvalue weighted by Crippen LogP contribution is -2.25. The summed E-state index contributed by atoms with van der Waals surface area (Å²) in [7, 11) is 0. The van der Waals surface area contributed by atoms with Crippen molar-refractivity contribution < 1.29 is 4.39 Å². The van der Waals surface area contributed by atoms with Gasteiger partial charge in [-0.3, -0.25) is 0 Å². The monoisotopic (exact) mass is 305 g/mol. The van der Waals surface area contributed by atoms with Gasteiger partial charge in [-0.2, -0.15) is 0 Å². The van der Waals surface area contributed by atoms with Gasteiger partial charge in [-0.15, -0.1) is 0 Å². The summed E-state index contributed by atoms with van der Waals surface area (Å²) in [4.78, 5) is 0. The highest BCUT2D eigenvalue weighted by molar-refractivity contribution is 6.30. The van der Waals surface area contributed by atoms with Crippen LogP contribution in [0.2, 0.25) is 5.02 Å². The van der Waals surface area contributed by atoms with Crippen molar-refractivity contribution in [1.82, 2.24) is 5.32 Å². The molecule has 0 amide bonds. The Morgan fingerprint density at radius 3 is 2.71 bits per heavy atom. The smallest absolute Gasteiger partial charge is 0.128 e. The molecule has 2 rings (SSSR count). The van der Waals surface area contributed by atoms with Crippen LogP contribution in [0.1, 0.15) is 36.1 Å². The Hall–Kier alpha value is -1.38. The second-order valence-corrected chi connectivity index (χ2v) is 5.80. The van der Waals surface area contributed by atoms with Gasteiger partial charge in [-0.05, 0) is 50.1 Å². The zero-order valence-corrected chi connectivity index (χ0v) is 13.3. The van der Waals surface area contributed by atoms with Crippen molar-refractivity contribution in [3.63, 3.8) is 0 Å². The van der Waals surface area contributed by atoms with Crippen molar-refractivity contribution in [3.8, 4) is 0 Å². The Balaban J connectivity index is 2.27. The van der Waals surface area contributed by atoms with Crippen LogP contribution < -0.4 is 5.32 Å². The summed E-state index contributed by atoms with van der Waals surface area (Å²) in [6.07, 6.45) is 1.76. The maximum Gasteiger partial charge on any atom is 0.128 e. The lowest BCUT2D eigenvalue weighted by molar-refractivity contribution is 0.497. The number of hydrogen-bond donors (Lipinski definition) is 1. The van der Waals surface area contributed by atoms with E-state index >= 15 is 0 Å². The van der Waals surface area contributed by atoms with Gasteiger partial charge in [0.1, 0.15) is 5.82 Å². The van der Waals surface area contributed by atoms with Crippen LogP contribution in [0.15, 0.2) is 42.5 Å². The molecule has 2 aromatic carbocycles. The number of rotatable bonds is 6. The van der Waals surface area contributed by atoms with Gasteiger partial charge >= 0.3 is 0 Å². The first-order valence-electron chi connectivity index (χ1n) is 7.34. The normalized spacial score (nSPS) is 12.4. The van der Waals surface area contributed by atoms with Gasteiger partial charge in [0.15, 0.2) is 0 Å². The van der Waals surface area contributed by atoms with E-state index in [0.29, 0.717) is 10.6 Å². The topological polar surface area (TPSA) is 12.0 Å². The number of benzene rings is 2. The molecule has 0 saturated carbocycles. The molecule has 0 bridgehead atoms. The number of aryl methyl sites for hydroxylation is 1. The van der Waals surface area contributed by atoms with Gasteiger partial charge in [0.2, 0.25) is 0 Å². The number of hydrogen-bond acceptors (Lipinski definition) is 1. The average Bonchev–Trinajstić information content (AvgIpc) is 2.46. The largest absolute Gasteiger partial charge is 0.310 e. The molecule has 21 heavy (non-hydrogen) atoms. The molecule has 0 saturated heterocycles. The van der Waals surface area contributed by atoms with Crippen LogP contribution in [0.4, 0.5) is 4.39 Å². The van der Waals surface area contributed by atoms with Gasteiger partial charge in [-0.25, -0.2) is 4.39 Å². The summed E-state index contributed by atoms with van der Waals surface area (Å²) in [5.41, 5.74) is 3.05. The molecule has 2 aromatic rings. The Kier molecular flexibility index (Phi) is 5.77. The number of halogens is 2. The van der Waals surface area contributed by atoms with Crippen LogP contribution in [0, 0.1) is 12.7 Å². The molecule has 1 nitrogen and oxygen atoms in total. The predicted molar refractivity (Wildman–Crippen MR) is 87.3 cm³/mol. The maximum absolute atomic E-state index is 14.1. The second kappa shape index (κ2) is 7.58. The van der Waals surface area contributed by atoms with E-state index in [0.717, 1.165) is 19.4 Å². The fourth-order valence-corrected chi connectivity index (χ4v) is 2.65. The highest BCUT2D eigenvalue weighted by Crippen LogP contribution is 2.25. The summed E-state index contributed by atoms with van der Waals surface area (Å²) in [6.45, 7) is 5.02. The van der Waals surface area contributed by atoms with Crippen molar-refractivity contribution in [2.24, 2.45) is 0 Å². The quantitative estimate of drug-likeness (QED) is 0.785. The molecule has 1 unspecified atom stereocenters. The van der Waals surface area contributed by atoms with Crippen molar-refractivity contribution in [2.75, 3.05) is 6.54 Å². The molecule has 0 radical (unpaired) electrons. The molecule has 0 aliphatic carbocycles. The van der Waals surface area contributed by atoms with E-state index in [1.54, 1.807) is 12.1 Å². The SMILES string of the molecule is CCCNC(Cc1cccc(C)c1)c1cc(Cl)ccc1F. The van der Waals surface area contributed by atoms with E-state index in [9.17, 15) is 4.39 Å². The van der Waals surface area contributed by atoms with Crippen LogP contribution in [-0.4, -0.2) is 6.54 Å². The molecule has 1 N–H and O–H groups in total. The van der Waals surface area contributed by atoms with Gasteiger partial charge < -0.3 is 5.32 Å². The van der Waals surface area contributed by atoms with E-state index in [1.807, 2.05) is 6.07 Å². The van der Waals surface area contributed by atoms with Crippen LogP contribution in [0.3, 0.4) is 0 Å². The molecule has 3 heteroatoms. The minimum Gasteiger partial charge on any atom is -0.310 e. The molecule has 0 heterocycles. The van der Waals surface area contributed by atoms with Crippen molar-refractivity contribution in [3.05, 3.63) is 70.0 Å². The fraction of sp³-hybridized carbons (Fsp3) is 0.333. The number of nitrogens with one attached hydrogen (secondary N) is 1. The van der Waals surface area contributed by atoms with Crippen molar-refractivity contribution >= 4 is 11.6 Å². The zero-order chi connectivity index (χ0) is 15.2. The van der Waals surface area contributed by atoms with Crippen LogP contribution in [-0.2, 0) is 6.42 Å². The van der Waals surface area contributed by atoms with Crippen LogP contribution >= 0.6 is 11.6 Å². The van der Waals surface area contributed by atoms with Gasteiger partial charge in [0.25, 0.3) is 0 Å². The maximum atomic E-state index is 14.1. The van der Waals surface area contributed by atoms with E-state index in [2.05, 4.69) is 37.4 Å².